The third-order valence-electron chi connectivity index (χ3n) is 7.74. The predicted octanol–water partition coefficient (Wildman–Crippen LogP) is 7.42. The molecule has 0 spiro atoms. The van der Waals surface area contributed by atoms with Gasteiger partial charge < -0.3 is 24.0 Å². The number of hydrogen-bond donors (Lipinski definition) is 0. The summed E-state index contributed by atoms with van der Waals surface area (Å²) in [4.78, 5) is 21.5. The number of likely N-dealkylation sites (tertiary alicyclic amines) is 1. The van der Waals surface area contributed by atoms with Gasteiger partial charge in [0.1, 0.15) is 28.1 Å². The molecular formula is C32H33ClFN3O4. The highest BCUT2D eigenvalue weighted by molar-refractivity contribution is 6.30. The number of carbonyl (C=O) groups is 1. The third-order valence-corrected chi connectivity index (χ3v) is 7.94. The summed E-state index contributed by atoms with van der Waals surface area (Å²) in [6.07, 6.45) is 1.50. The van der Waals surface area contributed by atoms with E-state index < -0.39 is 5.60 Å². The number of ether oxygens (including phenoxy) is 3. The molecule has 0 radical (unpaired) electrons. The molecule has 3 heterocycles. The van der Waals surface area contributed by atoms with Crippen LogP contribution in [0.15, 0.2) is 54.6 Å². The number of anilines is 1. The third kappa shape index (κ3) is 5.26. The van der Waals surface area contributed by atoms with Crippen molar-refractivity contribution in [3.63, 3.8) is 0 Å². The van der Waals surface area contributed by atoms with Crippen molar-refractivity contribution >= 4 is 45.1 Å². The quantitative estimate of drug-likeness (QED) is 0.182. The van der Waals surface area contributed by atoms with Crippen LogP contribution in [-0.4, -0.2) is 60.7 Å². The van der Waals surface area contributed by atoms with Crippen LogP contribution in [0.5, 0.6) is 5.75 Å². The van der Waals surface area contributed by atoms with Crippen LogP contribution < -0.4 is 9.64 Å². The molecule has 2 unspecified atom stereocenters. The summed E-state index contributed by atoms with van der Waals surface area (Å²) in [6, 6.07) is 17.0. The number of fused-ring (bicyclic) bond motifs is 4. The first-order valence-corrected chi connectivity index (χ1v) is 14.2. The van der Waals surface area contributed by atoms with E-state index in [0.29, 0.717) is 46.6 Å². The zero-order valence-corrected chi connectivity index (χ0v) is 24.4. The highest BCUT2D eigenvalue weighted by Crippen LogP contribution is 2.42. The van der Waals surface area contributed by atoms with Gasteiger partial charge in [-0.1, -0.05) is 41.9 Å². The van der Waals surface area contributed by atoms with Crippen LogP contribution in [-0.2, 0) is 9.47 Å². The molecular weight excluding hydrogens is 545 g/mol. The van der Waals surface area contributed by atoms with Crippen LogP contribution in [0.4, 0.5) is 15.0 Å². The van der Waals surface area contributed by atoms with E-state index in [1.807, 2.05) is 63.2 Å². The summed E-state index contributed by atoms with van der Waals surface area (Å²) < 4.78 is 32.9. The lowest BCUT2D eigenvalue weighted by Gasteiger charge is -2.42. The average Bonchev–Trinajstić information content (AvgIpc) is 3.19. The van der Waals surface area contributed by atoms with Gasteiger partial charge in [0.05, 0.1) is 0 Å². The summed E-state index contributed by atoms with van der Waals surface area (Å²) in [5, 5.41) is 3.16. The number of amides is 1. The van der Waals surface area contributed by atoms with Gasteiger partial charge in [0, 0.05) is 48.6 Å². The summed E-state index contributed by atoms with van der Waals surface area (Å²) in [5.74, 6) is 0.867. The second-order valence-corrected chi connectivity index (χ2v) is 12.1. The maximum absolute atomic E-state index is 16.5. The molecule has 6 rings (SSSR count). The zero-order chi connectivity index (χ0) is 28.9. The number of hydrogen-bond acceptors (Lipinski definition) is 6. The zero-order valence-electron chi connectivity index (χ0n) is 23.6. The fourth-order valence-corrected chi connectivity index (χ4v) is 6.28. The van der Waals surface area contributed by atoms with E-state index in [9.17, 15) is 4.79 Å². The van der Waals surface area contributed by atoms with E-state index in [1.165, 1.54) is 0 Å². The molecule has 214 valence electrons. The maximum Gasteiger partial charge on any atom is 0.410 e. The molecule has 2 atom stereocenters. The van der Waals surface area contributed by atoms with Crippen LogP contribution in [0.3, 0.4) is 0 Å². The van der Waals surface area contributed by atoms with Crippen LogP contribution >= 0.6 is 11.6 Å². The standard InChI is InChI=1S/C32H33ClFN3O4/c1-32(2,3)41-31(38)36-16-20-9-10-21(17-36)37(20)30-25-12-11-24(29(34)27(25)15-28(33)35-30)26-14-22(40-18-39-4)13-19-7-5-6-8-23(19)26/h5-8,11-15,20-21H,9-10,16-18H2,1-4H3. The Bertz CT molecular complexity index is 1630. The summed E-state index contributed by atoms with van der Waals surface area (Å²) in [5.41, 5.74) is 0.602. The van der Waals surface area contributed by atoms with Gasteiger partial charge in [0.2, 0.25) is 0 Å². The molecule has 0 aliphatic carbocycles. The van der Waals surface area contributed by atoms with Gasteiger partial charge in [-0.3, -0.25) is 0 Å². The van der Waals surface area contributed by atoms with Crippen LogP contribution in [0.2, 0.25) is 5.15 Å². The Labute approximate surface area is 243 Å². The number of pyridine rings is 1. The Morgan fingerprint density at radius 1 is 1.00 bits per heavy atom. The molecule has 1 amide bonds. The lowest BCUT2D eigenvalue weighted by atomic mass is 9.95. The second-order valence-electron chi connectivity index (χ2n) is 11.7. The molecule has 3 aromatic carbocycles. The minimum Gasteiger partial charge on any atom is -0.468 e. The van der Waals surface area contributed by atoms with E-state index >= 15 is 4.39 Å². The van der Waals surface area contributed by atoms with Gasteiger partial charge in [0.25, 0.3) is 0 Å². The van der Waals surface area contributed by atoms with Crippen LogP contribution in [0, 0.1) is 5.82 Å². The molecule has 1 aromatic heterocycles. The lowest BCUT2D eigenvalue weighted by Crippen LogP contribution is -2.56. The second kappa shape index (κ2) is 10.7. The van der Waals surface area contributed by atoms with Crippen molar-refractivity contribution in [3.8, 4) is 16.9 Å². The van der Waals surface area contributed by atoms with Crippen molar-refractivity contribution in [2.45, 2.75) is 51.3 Å². The molecule has 2 fully saturated rings. The minimum absolute atomic E-state index is 0.0386. The number of piperazine rings is 1. The van der Waals surface area contributed by atoms with E-state index in [1.54, 1.807) is 24.1 Å². The number of methoxy groups -OCH3 is 1. The van der Waals surface area contributed by atoms with Crippen molar-refractivity contribution < 1.29 is 23.4 Å². The first-order chi connectivity index (χ1) is 19.6. The fourth-order valence-electron chi connectivity index (χ4n) is 6.09. The smallest absolute Gasteiger partial charge is 0.410 e. The van der Waals surface area contributed by atoms with Crippen LogP contribution in [0.25, 0.3) is 32.7 Å². The largest absolute Gasteiger partial charge is 0.468 e. The van der Waals surface area contributed by atoms with Gasteiger partial charge in [-0.15, -0.1) is 0 Å². The highest BCUT2D eigenvalue weighted by Gasteiger charge is 2.43. The Morgan fingerprint density at radius 3 is 2.44 bits per heavy atom. The Balaban J connectivity index is 1.40. The first-order valence-electron chi connectivity index (χ1n) is 13.8. The normalized spacial score (nSPS) is 18.8. The Morgan fingerprint density at radius 2 is 1.73 bits per heavy atom. The monoisotopic (exact) mass is 577 g/mol. The van der Waals surface area contributed by atoms with Gasteiger partial charge in [-0.05, 0) is 74.2 Å². The topological polar surface area (TPSA) is 64.1 Å². The van der Waals surface area contributed by atoms with E-state index in [4.69, 9.17) is 30.8 Å². The molecule has 7 nitrogen and oxygen atoms in total. The van der Waals surface area contributed by atoms with Crippen molar-refractivity contribution in [1.29, 1.82) is 0 Å². The molecule has 0 saturated carbocycles. The Kier molecular flexibility index (Phi) is 7.16. The molecule has 2 aliphatic rings. The van der Waals surface area contributed by atoms with Crippen molar-refractivity contribution in [2.24, 2.45) is 0 Å². The molecule has 41 heavy (non-hydrogen) atoms. The summed E-state index contributed by atoms with van der Waals surface area (Å²) in [6.45, 7) is 6.72. The van der Waals surface area contributed by atoms with Crippen molar-refractivity contribution in [2.75, 3.05) is 31.9 Å². The van der Waals surface area contributed by atoms with E-state index in [-0.39, 0.29) is 35.9 Å². The number of aromatic nitrogens is 1. The highest BCUT2D eigenvalue weighted by atomic mass is 35.5. The number of rotatable bonds is 5. The molecule has 9 heteroatoms. The van der Waals surface area contributed by atoms with Crippen LogP contribution in [0.1, 0.15) is 33.6 Å². The fraction of sp³-hybridized carbons (Fsp3) is 0.375. The lowest BCUT2D eigenvalue weighted by molar-refractivity contribution is 0.0209. The van der Waals surface area contributed by atoms with Gasteiger partial charge in [-0.25, -0.2) is 14.2 Å². The molecule has 2 saturated heterocycles. The van der Waals surface area contributed by atoms with E-state index in [2.05, 4.69) is 4.90 Å². The molecule has 0 N–H and O–H groups in total. The molecule has 2 aliphatic heterocycles. The van der Waals surface area contributed by atoms with Gasteiger partial charge >= 0.3 is 6.09 Å². The maximum atomic E-state index is 16.5. The number of benzene rings is 3. The predicted molar refractivity (Wildman–Crippen MR) is 159 cm³/mol. The summed E-state index contributed by atoms with van der Waals surface area (Å²) >= 11 is 6.54. The molecule has 2 bridgehead atoms. The number of carbonyl (C=O) groups excluding carboxylic acids is 1. The number of nitrogens with zero attached hydrogens (tertiary/aromatic N) is 3. The molecule has 4 aromatic rings. The number of halogens is 2. The average molecular weight is 578 g/mol. The van der Waals surface area contributed by atoms with Gasteiger partial charge in [0.15, 0.2) is 6.79 Å². The minimum atomic E-state index is -0.562. The van der Waals surface area contributed by atoms with Crippen molar-refractivity contribution in [1.82, 2.24) is 9.88 Å². The van der Waals surface area contributed by atoms with E-state index in [0.717, 1.165) is 23.6 Å². The summed E-state index contributed by atoms with van der Waals surface area (Å²) in [7, 11) is 1.56. The van der Waals surface area contributed by atoms with Crippen molar-refractivity contribution in [3.05, 3.63) is 65.6 Å². The van der Waals surface area contributed by atoms with Gasteiger partial charge in [-0.2, -0.15) is 0 Å². The Hall–Kier alpha value is -3.62. The first kappa shape index (κ1) is 27.5. The SMILES string of the molecule is COCOc1cc(-c2ccc3c(N4C5CCC4CN(C(=O)OC(C)(C)C)C5)nc(Cl)cc3c2F)c2ccccc2c1.